The van der Waals surface area contributed by atoms with Gasteiger partial charge in [0.05, 0.1) is 0 Å². The molecule has 5 heteroatoms. The third kappa shape index (κ3) is 8.47. The van der Waals surface area contributed by atoms with Crippen LogP contribution in [0.15, 0.2) is 133 Å². The molecule has 0 fully saturated rings. The molecule has 0 saturated carbocycles. The van der Waals surface area contributed by atoms with E-state index in [1.807, 2.05) is 22.7 Å². The molecule has 0 atom stereocenters. The SMILES string of the molecule is CCc1ccc(-c2cc3c(-c4ccc(C)cc4)cccc3[cH-]2)s1.CCc1ccc(-c2cc3c(-c4ccc(C)cc4)cccc3[cH-]2)s1.[Cl-].[Cl-].[Zr+4]. The van der Waals surface area contributed by atoms with Crippen LogP contribution in [0.4, 0.5) is 0 Å². The third-order valence-corrected chi connectivity index (χ3v) is 11.4. The van der Waals surface area contributed by atoms with Crippen LogP contribution in [0.1, 0.15) is 34.7 Å². The fraction of sp³-hybridized carbons (Fsp3) is 0.136. The molecule has 244 valence electrons. The van der Waals surface area contributed by atoms with Gasteiger partial charge in [-0.1, -0.05) is 133 Å². The van der Waals surface area contributed by atoms with Gasteiger partial charge >= 0.3 is 26.2 Å². The standard InChI is InChI=1S/2C22H19S.2ClH.Zr/c2*1-3-19-11-12-22(23-19)18-13-17-5-4-6-20(21(17)14-18)16-9-7-15(2)8-10-16;;;/h2*4-14H,3H2,1-2H3;2*1H;/q2*-1;;;+4/p-2. The van der Waals surface area contributed by atoms with Crippen molar-refractivity contribution in [3.8, 4) is 43.1 Å². The molecule has 0 aliphatic rings. The Kier molecular flexibility index (Phi) is 13.7. The van der Waals surface area contributed by atoms with Gasteiger partial charge in [-0.2, -0.15) is 22.7 Å². The first kappa shape index (κ1) is 38.8. The number of benzene rings is 4. The summed E-state index contributed by atoms with van der Waals surface area (Å²) in [5.74, 6) is 0. The van der Waals surface area contributed by atoms with Crippen molar-refractivity contribution >= 4 is 44.2 Å². The number of hydrogen-bond acceptors (Lipinski definition) is 2. The minimum atomic E-state index is 0. The molecule has 6 aromatic carbocycles. The summed E-state index contributed by atoms with van der Waals surface area (Å²) in [5.41, 5.74) is 10.5. The second-order valence-electron chi connectivity index (χ2n) is 12.1. The normalized spacial score (nSPS) is 10.5. The summed E-state index contributed by atoms with van der Waals surface area (Å²) in [6.45, 7) is 8.69. The van der Waals surface area contributed by atoms with Crippen LogP contribution in [-0.4, -0.2) is 0 Å². The number of rotatable bonds is 6. The van der Waals surface area contributed by atoms with Crippen molar-refractivity contribution < 1.29 is 51.0 Å². The number of aryl methyl sites for hydroxylation is 4. The topological polar surface area (TPSA) is 0 Å². The van der Waals surface area contributed by atoms with E-state index in [1.54, 1.807) is 0 Å². The molecule has 0 amide bonds. The molecule has 0 bridgehead atoms. The van der Waals surface area contributed by atoms with Gasteiger partial charge in [-0.15, -0.1) is 69.1 Å². The van der Waals surface area contributed by atoms with Crippen molar-refractivity contribution in [3.63, 3.8) is 0 Å². The summed E-state index contributed by atoms with van der Waals surface area (Å²) in [4.78, 5) is 5.63. The average Bonchev–Trinajstić information content (AvgIpc) is 3.90. The minimum absolute atomic E-state index is 0. The van der Waals surface area contributed by atoms with Gasteiger partial charge in [0.25, 0.3) is 0 Å². The number of hydrogen-bond donors (Lipinski definition) is 0. The fourth-order valence-electron chi connectivity index (χ4n) is 6.17. The van der Waals surface area contributed by atoms with Gasteiger partial charge in [-0.3, -0.25) is 0 Å². The molecular formula is C44H38Cl2S2Zr. The van der Waals surface area contributed by atoms with Crippen LogP contribution < -0.4 is 24.8 Å². The summed E-state index contributed by atoms with van der Waals surface area (Å²) < 4.78 is 0. The summed E-state index contributed by atoms with van der Waals surface area (Å²) in [6.07, 6.45) is 2.22. The molecule has 0 unspecified atom stereocenters. The van der Waals surface area contributed by atoms with Crippen LogP contribution in [0.25, 0.3) is 64.7 Å². The molecule has 2 heterocycles. The zero-order valence-electron chi connectivity index (χ0n) is 28.2. The van der Waals surface area contributed by atoms with Crippen LogP contribution in [0.3, 0.4) is 0 Å². The van der Waals surface area contributed by atoms with Crippen LogP contribution in [0.5, 0.6) is 0 Å². The quantitative estimate of drug-likeness (QED) is 0.152. The Morgan fingerprint density at radius 3 is 1.22 bits per heavy atom. The minimum Gasteiger partial charge on any atom is -1.00 e. The first-order chi connectivity index (χ1) is 22.5. The maximum Gasteiger partial charge on any atom is 4.00 e. The number of thiophene rings is 2. The van der Waals surface area contributed by atoms with Gasteiger partial charge < -0.3 is 24.8 Å². The van der Waals surface area contributed by atoms with E-state index in [0.29, 0.717) is 0 Å². The van der Waals surface area contributed by atoms with E-state index in [1.165, 1.54) is 85.6 Å². The molecule has 0 saturated heterocycles. The number of halogens is 2. The van der Waals surface area contributed by atoms with Crippen molar-refractivity contribution in [2.75, 3.05) is 0 Å². The maximum absolute atomic E-state index is 2.34. The molecule has 0 radical (unpaired) electrons. The molecule has 49 heavy (non-hydrogen) atoms. The van der Waals surface area contributed by atoms with Crippen molar-refractivity contribution in [1.29, 1.82) is 0 Å². The third-order valence-electron chi connectivity index (χ3n) is 8.82. The van der Waals surface area contributed by atoms with Crippen LogP contribution in [0, 0.1) is 13.8 Å². The largest absolute Gasteiger partial charge is 4.00 e. The van der Waals surface area contributed by atoms with Gasteiger partial charge in [-0.25, -0.2) is 0 Å². The van der Waals surface area contributed by atoms with E-state index in [0.717, 1.165) is 12.8 Å². The second-order valence-corrected chi connectivity index (χ2v) is 14.4. The first-order valence-corrected chi connectivity index (χ1v) is 17.8. The predicted octanol–water partition coefficient (Wildman–Crippen LogP) is 7.66. The van der Waals surface area contributed by atoms with E-state index >= 15 is 0 Å². The van der Waals surface area contributed by atoms with E-state index < -0.39 is 0 Å². The summed E-state index contributed by atoms with van der Waals surface area (Å²) in [6, 6.07) is 49.1. The molecular weight excluding hydrogens is 755 g/mol. The van der Waals surface area contributed by atoms with E-state index in [9.17, 15) is 0 Å². The van der Waals surface area contributed by atoms with Gasteiger partial charge in [0.2, 0.25) is 0 Å². The van der Waals surface area contributed by atoms with Crippen LogP contribution in [-0.2, 0) is 39.0 Å². The molecule has 2 aromatic heterocycles. The number of fused-ring (bicyclic) bond motifs is 2. The average molecular weight is 793 g/mol. The molecule has 0 spiro atoms. The molecule has 0 N–H and O–H groups in total. The van der Waals surface area contributed by atoms with E-state index in [-0.39, 0.29) is 51.0 Å². The van der Waals surface area contributed by atoms with Crippen molar-refractivity contribution in [2.24, 2.45) is 0 Å². The first-order valence-electron chi connectivity index (χ1n) is 16.2. The predicted molar refractivity (Wildman–Crippen MR) is 205 cm³/mol. The molecule has 0 aliphatic heterocycles. The van der Waals surface area contributed by atoms with Crippen LogP contribution in [0.2, 0.25) is 0 Å². The van der Waals surface area contributed by atoms with Gasteiger partial charge in [-0.05, 0) is 57.3 Å². The Labute approximate surface area is 330 Å². The smallest absolute Gasteiger partial charge is 1.00 e. The summed E-state index contributed by atoms with van der Waals surface area (Å²) in [5, 5.41) is 5.34. The Morgan fingerprint density at radius 2 is 0.878 bits per heavy atom. The van der Waals surface area contributed by atoms with Crippen molar-refractivity contribution in [1.82, 2.24) is 0 Å². The Hall–Kier alpha value is -3.04. The van der Waals surface area contributed by atoms with Crippen molar-refractivity contribution in [2.45, 2.75) is 40.5 Å². The maximum atomic E-state index is 2.34. The zero-order chi connectivity index (χ0) is 31.6. The van der Waals surface area contributed by atoms with Crippen molar-refractivity contribution in [3.05, 3.63) is 154 Å². The molecule has 8 aromatic rings. The fourth-order valence-corrected chi connectivity index (χ4v) is 8.04. The summed E-state index contributed by atoms with van der Waals surface area (Å²) >= 11 is 3.81. The monoisotopic (exact) mass is 790 g/mol. The Morgan fingerprint density at radius 1 is 0.490 bits per heavy atom. The van der Waals surface area contributed by atoms with Gasteiger partial charge in [0, 0.05) is 0 Å². The van der Waals surface area contributed by atoms with Gasteiger partial charge in [0.15, 0.2) is 0 Å². The molecule has 8 rings (SSSR count). The van der Waals surface area contributed by atoms with E-state index in [4.69, 9.17) is 0 Å². The van der Waals surface area contributed by atoms with Gasteiger partial charge in [0.1, 0.15) is 0 Å². The zero-order valence-corrected chi connectivity index (χ0v) is 33.8. The van der Waals surface area contributed by atoms with Crippen LogP contribution >= 0.6 is 22.7 Å². The Balaban J connectivity index is 0.000000208. The molecule has 0 nitrogen and oxygen atoms in total. The Bertz CT molecular complexity index is 2080. The summed E-state index contributed by atoms with van der Waals surface area (Å²) in [7, 11) is 0. The van der Waals surface area contributed by atoms with E-state index in [2.05, 4.69) is 161 Å². The second kappa shape index (κ2) is 17.3. The molecule has 0 aliphatic carbocycles.